The Balaban J connectivity index is 2.49. The van der Waals surface area contributed by atoms with E-state index in [1.807, 2.05) is 30.3 Å². The van der Waals surface area contributed by atoms with Crippen LogP contribution in [0.5, 0.6) is 0 Å². The fourth-order valence-corrected chi connectivity index (χ4v) is 1.96. The van der Waals surface area contributed by atoms with Crippen molar-refractivity contribution in [2.75, 3.05) is 0 Å². The molecule has 1 aliphatic carbocycles. The maximum atomic E-state index is 11.5. The lowest BCUT2D eigenvalue weighted by Crippen LogP contribution is -2.02. The summed E-state index contributed by atoms with van der Waals surface area (Å²) in [5.41, 5.74) is 2.14. The summed E-state index contributed by atoms with van der Waals surface area (Å²) in [6.07, 6.45) is 0. The molecule has 0 aliphatic heterocycles. The van der Waals surface area contributed by atoms with Crippen molar-refractivity contribution in [1.29, 1.82) is 0 Å². The maximum Gasteiger partial charge on any atom is 0.223 e. The first-order chi connectivity index (χ1) is 7.13. The third-order valence-corrected chi connectivity index (χ3v) is 2.79. The van der Waals surface area contributed by atoms with Gasteiger partial charge in [0.25, 0.3) is 0 Å². The Morgan fingerprint density at radius 3 is 2.33 bits per heavy atom. The highest BCUT2D eigenvalue weighted by atomic mass is 16.3. The van der Waals surface area contributed by atoms with Crippen LogP contribution in [-0.2, 0) is 4.79 Å². The summed E-state index contributed by atoms with van der Waals surface area (Å²) in [4.78, 5) is 11.5. The molecule has 0 bridgehead atoms. The van der Waals surface area contributed by atoms with Gasteiger partial charge < -0.3 is 5.11 Å². The van der Waals surface area contributed by atoms with E-state index in [0.717, 1.165) is 5.56 Å². The molecule has 2 heteroatoms. The van der Waals surface area contributed by atoms with Crippen LogP contribution < -0.4 is 0 Å². The molecule has 0 spiro atoms. The maximum absolute atomic E-state index is 11.5. The lowest BCUT2D eigenvalue weighted by molar-refractivity contribution is -0.114. The minimum atomic E-state index is -0.332. The van der Waals surface area contributed by atoms with Gasteiger partial charge in [-0.2, -0.15) is 0 Å². The molecule has 1 N–H and O–H groups in total. The lowest BCUT2D eigenvalue weighted by atomic mass is 9.90. The molecule has 1 aromatic carbocycles. The van der Waals surface area contributed by atoms with Crippen molar-refractivity contribution in [3.05, 3.63) is 59.4 Å². The fourth-order valence-electron chi connectivity index (χ4n) is 1.96. The first kappa shape index (κ1) is 9.71. The molecule has 0 heterocycles. The summed E-state index contributed by atoms with van der Waals surface area (Å²) in [6, 6.07) is 9.61. The largest absolute Gasteiger partial charge is 0.504 e. The van der Waals surface area contributed by atoms with E-state index in [0.29, 0.717) is 11.1 Å². The van der Waals surface area contributed by atoms with E-state index < -0.39 is 0 Å². The Morgan fingerprint density at radius 2 is 1.87 bits per heavy atom. The monoisotopic (exact) mass is 200 g/mol. The van der Waals surface area contributed by atoms with E-state index >= 15 is 0 Å². The molecule has 1 atom stereocenters. The highest BCUT2D eigenvalue weighted by Crippen LogP contribution is 2.39. The number of ketones is 1. The summed E-state index contributed by atoms with van der Waals surface area (Å²) in [5, 5.41) is 9.54. The normalized spacial score (nSPS) is 21.3. The van der Waals surface area contributed by atoms with Crippen LogP contribution in [0.1, 0.15) is 18.4 Å². The van der Waals surface area contributed by atoms with Crippen LogP contribution in [0.15, 0.2) is 53.8 Å². The van der Waals surface area contributed by atoms with Crippen molar-refractivity contribution in [3.63, 3.8) is 0 Å². The SMILES string of the molecule is C=C1C(=O)C(O)=C(C)C1c1ccccc1. The van der Waals surface area contributed by atoms with E-state index in [-0.39, 0.29) is 17.5 Å². The second-order valence-electron chi connectivity index (χ2n) is 3.73. The van der Waals surface area contributed by atoms with Crippen LogP contribution in [0, 0.1) is 0 Å². The predicted octanol–water partition coefficient (Wildman–Crippen LogP) is 2.74. The summed E-state index contributed by atoms with van der Waals surface area (Å²) in [7, 11) is 0. The van der Waals surface area contributed by atoms with E-state index in [1.54, 1.807) is 6.92 Å². The molecule has 0 aromatic heterocycles. The molecular weight excluding hydrogens is 188 g/mol. The molecule has 2 rings (SSSR count). The first-order valence-electron chi connectivity index (χ1n) is 4.81. The van der Waals surface area contributed by atoms with Crippen molar-refractivity contribution in [2.45, 2.75) is 12.8 Å². The first-order valence-corrected chi connectivity index (χ1v) is 4.81. The number of allylic oxidation sites excluding steroid dienone is 2. The topological polar surface area (TPSA) is 37.3 Å². The van der Waals surface area contributed by atoms with Gasteiger partial charge in [0.15, 0.2) is 5.76 Å². The zero-order chi connectivity index (χ0) is 11.0. The Hall–Kier alpha value is -1.83. The minimum Gasteiger partial charge on any atom is -0.504 e. The molecule has 0 amide bonds. The Kier molecular flexibility index (Phi) is 2.19. The number of hydrogen-bond acceptors (Lipinski definition) is 2. The average Bonchev–Trinajstić information content (AvgIpc) is 2.45. The molecule has 76 valence electrons. The number of hydrogen-bond donors (Lipinski definition) is 1. The minimum absolute atomic E-state index is 0.145. The van der Waals surface area contributed by atoms with Crippen molar-refractivity contribution in [3.8, 4) is 0 Å². The standard InChI is InChI=1S/C13H12O2/c1-8-11(9(2)13(15)12(8)14)10-6-4-3-5-7-10/h3-7,11,15H,1H2,2H3. The van der Waals surface area contributed by atoms with Gasteiger partial charge >= 0.3 is 0 Å². The number of rotatable bonds is 1. The Morgan fingerprint density at radius 1 is 1.27 bits per heavy atom. The van der Waals surface area contributed by atoms with E-state index in [2.05, 4.69) is 6.58 Å². The number of carbonyl (C=O) groups excluding carboxylic acids is 1. The van der Waals surface area contributed by atoms with E-state index in [9.17, 15) is 9.90 Å². The molecule has 0 fully saturated rings. The van der Waals surface area contributed by atoms with Gasteiger partial charge in [0, 0.05) is 11.5 Å². The zero-order valence-electron chi connectivity index (χ0n) is 8.53. The Bertz CT molecular complexity index is 455. The van der Waals surface area contributed by atoms with Gasteiger partial charge in [-0.1, -0.05) is 36.9 Å². The van der Waals surface area contributed by atoms with Gasteiger partial charge in [-0.05, 0) is 18.1 Å². The van der Waals surface area contributed by atoms with Crippen LogP contribution in [0.3, 0.4) is 0 Å². The molecule has 1 aromatic rings. The number of Topliss-reactive ketones (excluding diaryl/α,β-unsaturated/α-hetero) is 1. The average molecular weight is 200 g/mol. The summed E-state index contributed by atoms with van der Waals surface area (Å²) < 4.78 is 0. The third kappa shape index (κ3) is 1.38. The van der Waals surface area contributed by atoms with Crippen LogP contribution in [0.4, 0.5) is 0 Å². The van der Waals surface area contributed by atoms with Crippen molar-refractivity contribution >= 4 is 5.78 Å². The number of aliphatic hydroxyl groups is 1. The van der Waals surface area contributed by atoms with Gasteiger partial charge in [0.05, 0.1) is 0 Å². The van der Waals surface area contributed by atoms with Crippen LogP contribution in [0.25, 0.3) is 0 Å². The highest BCUT2D eigenvalue weighted by molar-refractivity contribution is 6.11. The van der Waals surface area contributed by atoms with Gasteiger partial charge in [-0.25, -0.2) is 0 Å². The third-order valence-electron chi connectivity index (χ3n) is 2.79. The van der Waals surface area contributed by atoms with Crippen LogP contribution >= 0.6 is 0 Å². The van der Waals surface area contributed by atoms with E-state index in [1.165, 1.54) is 0 Å². The summed E-state index contributed by atoms with van der Waals surface area (Å²) in [5.74, 6) is -0.631. The van der Waals surface area contributed by atoms with Gasteiger partial charge in [-0.3, -0.25) is 4.79 Å². The smallest absolute Gasteiger partial charge is 0.223 e. The molecule has 1 aliphatic rings. The zero-order valence-corrected chi connectivity index (χ0v) is 8.53. The van der Waals surface area contributed by atoms with E-state index in [4.69, 9.17) is 0 Å². The van der Waals surface area contributed by atoms with Crippen LogP contribution in [-0.4, -0.2) is 10.9 Å². The molecular formula is C13H12O2. The summed E-state index contributed by atoms with van der Waals surface area (Å²) in [6.45, 7) is 5.51. The number of aliphatic hydroxyl groups excluding tert-OH is 1. The second kappa shape index (κ2) is 3.39. The second-order valence-corrected chi connectivity index (χ2v) is 3.73. The molecule has 0 saturated carbocycles. The number of carbonyl (C=O) groups is 1. The molecule has 1 unspecified atom stereocenters. The molecule has 0 saturated heterocycles. The van der Waals surface area contributed by atoms with Crippen molar-refractivity contribution in [2.24, 2.45) is 0 Å². The van der Waals surface area contributed by atoms with Gasteiger partial charge in [-0.15, -0.1) is 0 Å². The quantitative estimate of drug-likeness (QED) is 0.708. The summed E-state index contributed by atoms with van der Waals surface area (Å²) >= 11 is 0. The van der Waals surface area contributed by atoms with Gasteiger partial charge in [0.1, 0.15) is 0 Å². The molecule has 15 heavy (non-hydrogen) atoms. The lowest BCUT2D eigenvalue weighted by Gasteiger charge is -2.12. The van der Waals surface area contributed by atoms with Crippen molar-refractivity contribution < 1.29 is 9.90 Å². The highest BCUT2D eigenvalue weighted by Gasteiger charge is 2.34. The Labute approximate surface area is 88.6 Å². The molecule has 0 radical (unpaired) electrons. The predicted molar refractivity (Wildman–Crippen MR) is 58.7 cm³/mol. The number of benzene rings is 1. The van der Waals surface area contributed by atoms with Crippen molar-refractivity contribution in [1.82, 2.24) is 0 Å². The fraction of sp³-hybridized carbons (Fsp3) is 0.154. The molecule has 2 nitrogen and oxygen atoms in total. The van der Waals surface area contributed by atoms with Gasteiger partial charge in [0.2, 0.25) is 5.78 Å². The van der Waals surface area contributed by atoms with Crippen LogP contribution in [0.2, 0.25) is 0 Å².